The Balaban J connectivity index is 1.95. The molecule has 0 aromatic heterocycles. The van der Waals surface area contributed by atoms with E-state index in [-0.39, 0.29) is 11.8 Å². The van der Waals surface area contributed by atoms with Crippen LogP contribution in [0.3, 0.4) is 0 Å². The van der Waals surface area contributed by atoms with Gasteiger partial charge in [0.15, 0.2) is 0 Å². The predicted molar refractivity (Wildman–Crippen MR) is 144 cm³/mol. The molecule has 3 rings (SSSR count). The molecule has 3 aromatic carbocycles. The van der Waals surface area contributed by atoms with Crippen LogP contribution in [0.4, 0.5) is 0 Å². The fourth-order valence-corrected chi connectivity index (χ4v) is 5.21. The number of carboxylic acids is 1. The van der Waals surface area contributed by atoms with Gasteiger partial charge < -0.3 is 5.11 Å². The molecule has 0 aliphatic rings. The van der Waals surface area contributed by atoms with Gasteiger partial charge in [0.25, 0.3) is 0 Å². The van der Waals surface area contributed by atoms with Gasteiger partial charge in [0.1, 0.15) is 0 Å². The summed E-state index contributed by atoms with van der Waals surface area (Å²) in [6, 6.07) is 21.9. The van der Waals surface area contributed by atoms with Crippen LogP contribution in [0.2, 0.25) is 0 Å². The first-order valence-corrected chi connectivity index (χ1v) is 12.7. The Labute approximate surface area is 206 Å². The van der Waals surface area contributed by atoms with E-state index in [0.717, 1.165) is 36.3 Å². The van der Waals surface area contributed by atoms with Gasteiger partial charge in [0.05, 0.1) is 6.42 Å². The average molecular weight is 457 g/mol. The zero-order valence-electron chi connectivity index (χ0n) is 21.7. The molecule has 0 atom stereocenters. The highest BCUT2D eigenvalue weighted by Crippen LogP contribution is 2.41. The predicted octanol–water partition coefficient (Wildman–Crippen LogP) is 8.29. The molecule has 2 nitrogen and oxygen atoms in total. The summed E-state index contributed by atoms with van der Waals surface area (Å²) in [5, 5.41) is 9.03. The van der Waals surface area contributed by atoms with Crippen LogP contribution in [0, 0.1) is 19.8 Å². The van der Waals surface area contributed by atoms with Crippen molar-refractivity contribution in [1.82, 2.24) is 0 Å². The third-order valence-corrected chi connectivity index (χ3v) is 7.49. The first-order valence-electron chi connectivity index (χ1n) is 12.7. The van der Waals surface area contributed by atoms with Crippen LogP contribution < -0.4 is 0 Å². The summed E-state index contributed by atoms with van der Waals surface area (Å²) in [5.41, 5.74) is 10.1. The molecule has 0 bridgehead atoms. The van der Waals surface area contributed by atoms with Gasteiger partial charge in [-0.1, -0.05) is 88.4 Å². The SMILES string of the molecule is CCC(CC)(c1ccc(CCC(C)C)c(C)c1)c1ccc(-c2ccc(CC(=O)O)cc2)c(C)c1. The Kier molecular flexibility index (Phi) is 8.36. The summed E-state index contributed by atoms with van der Waals surface area (Å²) in [4.78, 5) is 11.0. The molecule has 0 fully saturated rings. The maximum Gasteiger partial charge on any atom is 0.307 e. The van der Waals surface area contributed by atoms with Crippen molar-refractivity contribution in [3.8, 4) is 11.1 Å². The van der Waals surface area contributed by atoms with E-state index < -0.39 is 5.97 Å². The molecule has 180 valence electrons. The zero-order chi connectivity index (χ0) is 24.9. The first-order chi connectivity index (χ1) is 16.2. The third-order valence-electron chi connectivity index (χ3n) is 7.49. The van der Waals surface area contributed by atoms with E-state index in [1.807, 2.05) is 24.3 Å². The molecular weight excluding hydrogens is 416 g/mol. The normalized spacial score (nSPS) is 11.7. The number of carboxylic acid groups (broad SMARTS) is 1. The van der Waals surface area contributed by atoms with E-state index in [4.69, 9.17) is 5.11 Å². The monoisotopic (exact) mass is 456 g/mol. The maximum absolute atomic E-state index is 11.0. The van der Waals surface area contributed by atoms with Gasteiger partial charge in [0.2, 0.25) is 0 Å². The fourth-order valence-electron chi connectivity index (χ4n) is 5.21. The minimum Gasteiger partial charge on any atom is -0.481 e. The summed E-state index contributed by atoms with van der Waals surface area (Å²) in [6.07, 6.45) is 4.54. The average Bonchev–Trinajstić information content (AvgIpc) is 2.80. The number of hydrogen-bond donors (Lipinski definition) is 1. The number of aliphatic carboxylic acids is 1. The van der Waals surface area contributed by atoms with E-state index in [9.17, 15) is 4.79 Å². The Bertz CT molecular complexity index is 1120. The second kappa shape index (κ2) is 11.0. The van der Waals surface area contributed by atoms with Gasteiger partial charge in [-0.2, -0.15) is 0 Å². The second-order valence-electron chi connectivity index (χ2n) is 10.2. The van der Waals surface area contributed by atoms with Gasteiger partial charge >= 0.3 is 5.97 Å². The number of benzene rings is 3. The quantitative estimate of drug-likeness (QED) is 0.333. The van der Waals surface area contributed by atoms with Crippen LogP contribution in [0.25, 0.3) is 11.1 Å². The van der Waals surface area contributed by atoms with Crippen LogP contribution in [0.15, 0.2) is 60.7 Å². The van der Waals surface area contributed by atoms with Crippen LogP contribution in [-0.4, -0.2) is 11.1 Å². The smallest absolute Gasteiger partial charge is 0.307 e. The standard InChI is InChI=1S/C32H40O2/c1-7-32(8-2,28-16-15-26(23(5)19-28)12-9-22(3)4)29-17-18-30(24(6)20-29)27-13-10-25(11-14-27)21-31(33)34/h10-11,13-20,22H,7-9,12,21H2,1-6H3,(H,33,34). The van der Waals surface area contributed by atoms with Crippen molar-refractivity contribution < 1.29 is 9.90 Å². The van der Waals surface area contributed by atoms with Crippen molar-refractivity contribution in [2.24, 2.45) is 5.92 Å². The third kappa shape index (κ3) is 5.60. The van der Waals surface area contributed by atoms with E-state index in [1.165, 1.54) is 39.8 Å². The van der Waals surface area contributed by atoms with Crippen molar-refractivity contribution in [2.45, 2.75) is 79.1 Å². The van der Waals surface area contributed by atoms with Crippen LogP contribution in [0.5, 0.6) is 0 Å². The van der Waals surface area contributed by atoms with Gasteiger partial charge in [-0.05, 0) is 90.0 Å². The summed E-state index contributed by atoms with van der Waals surface area (Å²) >= 11 is 0. The van der Waals surface area contributed by atoms with Gasteiger partial charge in [-0.25, -0.2) is 0 Å². The number of rotatable bonds is 10. The van der Waals surface area contributed by atoms with E-state index in [1.54, 1.807) is 0 Å². The molecule has 2 heteroatoms. The van der Waals surface area contributed by atoms with Crippen molar-refractivity contribution in [1.29, 1.82) is 0 Å². The lowest BCUT2D eigenvalue weighted by Crippen LogP contribution is -2.26. The molecule has 0 aliphatic carbocycles. The summed E-state index contributed by atoms with van der Waals surface area (Å²) in [7, 11) is 0. The number of hydrogen-bond acceptors (Lipinski definition) is 1. The lowest BCUT2D eigenvalue weighted by molar-refractivity contribution is -0.136. The maximum atomic E-state index is 11.0. The van der Waals surface area contributed by atoms with Crippen LogP contribution in [-0.2, 0) is 23.1 Å². The Hall–Kier alpha value is -2.87. The van der Waals surface area contributed by atoms with Crippen molar-refractivity contribution in [3.05, 3.63) is 94.0 Å². The highest BCUT2D eigenvalue weighted by atomic mass is 16.4. The largest absolute Gasteiger partial charge is 0.481 e. The Morgan fingerprint density at radius 2 is 1.44 bits per heavy atom. The molecule has 0 saturated carbocycles. The number of aryl methyl sites for hydroxylation is 3. The molecule has 0 aliphatic heterocycles. The summed E-state index contributed by atoms with van der Waals surface area (Å²) in [5.74, 6) is -0.0775. The van der Waals surface area contributed by atoms with E-state index in [0.29, 0.717) is 0 Å². The molecular formula is C32H40O2. The lowest BCUT2D eigenvalue weighted by atomic mass is 9.69. The molecule has 0 amide bonds. The Morgan fingerprint density at radius 3 is 1.94 bits per heavy atom. The summed E-state index contributed by atoms with van der Waals surface area (Å²) < 4.78 is 0. The molecule has 0 spiro atoms. The molecule has 3 aromatic rings. The molecule has 1 N–H and O–H groups in total. The molecule has 0 unspecified atom stereocenters. The van der Waals surface area contributed by atoms with Crippen LogP contribution >= 0.6 is 0 Å². The highest BCUT2D eigenvalue weighted by Gasteiger charge is 2.31. The van der Waals surface area contributed by atoms with E-state index in [2.05, 4.69) is 77.9 Å². The zero-order valence-corrected chi connectivity index (χ0v) is 21.7. The summed E-state index contributed by atoms with van der Waals surface area (Å²) in [6.45, 7) is 13.6. The first kappa shape index (κ1) is 25.7. The fraction of sp³-hybridized carbons (Fsp3) is 0.406. The lowest BCUT2D eigenvalue weighted by Gasteiger charge is -2.34. The minimum atomic E-state index is -0.799. The van der Waals surface area contributed by atoms with Crippen LogP contribution in [0.1, 0.15) is 80.3 Å². The highest BCUT2D eigenvalue weighted by molar-refractivity contribution is 5.72. The second-order valence-corrected chi connectivity index (χ2v) is 10.2. The van der Waals surface area contributed by atoms with Crippen molar-refractivity contribution in [3.63, 3.8) is 0 Å². The van der Waals surface area contributed by atoms with Gasteiger partial charge in [-0.3, -0.25) is 4.79 Å². The van der Waals surface area contributed by atoms with Crippen molar-refractivity contribution >= 4 is 5.97 Å². The number of carbonyl (C=O) groups is 1. The van der Waals surface area contributed by atoms with Crippen molar-refractivity contribution in [2.75, 3.05) is 0 Å². The minimum absolute atomic E-state index is 0.00400. The topological polar surface area (TPSA) is 37.3 Å². The Morgan fingerprint density at radius 1 is 0.853 bits per heavy atom. The molecule has 0 heterocycles. The van der Waals surface area contributed by atoms with Gasteiger partial charge in [0, 0.05) is 5.41 Å². The molecule has 34 heavy (non-hydrogen) atoms. The molecule has 0 radical (unpaired) electrons. The molecule has 0 saturated heterocycles. The van der Waals surface area contributed by atoms with Gasteiger partial charge in [-0.15, -0.1) is 0 Å². The van der Waals surface area contributed by atoms with E-state index >= 15 is 0 Å².